The Balaban J connectivity index is 1.63. The van der Waals surface area contributed by atoms with Crippen LogP contribution in [0, 0.1) is 11.8 Å². The van der Waals surface area contributed by atoms with Crippen LogP contribution in [0.15, 0.2) is 30.4 Å². The maximum atomic E-state index is 13.5. The van der Waals surface area contributed by atoms with Crippen LogP contribution in [-0.4, -0.2) is 60.2 Å². The van der Waals surface area contributed by atoms with Crippen molar-refractivity contribution in [1.29, 1.82) is 0 Å². The first kappa shape index (κ1) is 31.0. The maximum Gasteiger partial charge on any atom is 0.224 e. The monoisotopic (exact) mass is 554 g/mol. The van der Waals surface area contributed by atoms with Crippen LogP contribution in [0.3, 0.4) is 0 Å². The molecule has 1 aromatic heterocycles. The van der Waals surface area contributed by atoms with Gasteiger partial charge >= 0.3 is 0 Å². The number of rotatable bonds is 15. The van der Waals surface area contributed by atoms with E-state index in [1.54, 1.807) is 24.5 Å². The lowest BCUT2D eigenvalue weighted by Crippen LogP contribution is -2.44. The molecule has 1 aromatic carbocycles. The molecule has 3 rings (SSSR count). The van der Waals surface area contributed by atoms with Gasteiger partial charge in [-0.3, -0.25) is 19.3 Å². The highest BCUT2D eigenvalue weighted by Gasteiger charge is 2.27. The number of allylic oxidation sites excluding steroid dienone is 1. The van der Waals surface area contributed by atoms with Gasteiger partial charge in [-0.2, -0.15) is 0 Å². The molecule has 2 N–H and O–H groups in total. The third kappa shape index (κ3) is 9.84. The van der Waals surface area contributed by atoms with Gasteiger partial charge in [0.15, 0.2) is 5.78 Å². The molecule has 39 heavy (non-hydrogen) atoms. The van der Waals surface area contributed by atoms with Gasteiger partial charge in [0.25, 0.3) is 0 Å². The molecule has 2 aromatic rings. The minimum absolute atomic E-state index is 0.0948. The fourth-order valence-electron chi connectivity index (χ4n) is 5.06. The summed E-state index contributed by atoms with van der Waals surface area (Å²) in [5.41, 5.74) is 2.18. The number of ketones is 1. The summed E-state index contributed by atoms with van der Waals surface area (Å²) in [5.74, 6) is -0.529. The normalized spacial score (nSPS) is 16.7. The van der Waals surface area contributed by atoms with Gasteiger partial charge in [-0.15, -0.1) is 11.3 Å². The molecule has 214 valence electrons. The van der Waals surface area contributed by atoms with Crippen molar-refractivity contribution in [3.63, 3.8) is 0 Å². The number of hydrogen-bond donors (Lipinski definition) is 2. The van der Waals surface area contributed by atoms with E-state index >= 15 is 0 Å². The number of fused-ring (bicyclic) bond motifs is 1. The van der Waals surface area contributed by atoms with Crippen LogP contribution in [0.25, 0.3) is 10.2 Å². The van der Waals surface area contributed by atoms with Gasteiger partial charge in [-0.05, 0) is 68.5 Å². The summed E-state index contributed by atoms with van der Waals surface area (Å²) < 4.78 is 1.10. The van der Waals surface area contributed by atoms with Crippen molar-refractivity contribution >= 4 is 39.2 Å². The first-order chi connectivity index (χ1) is 18.8. The predicted molar refractivity (Wildman–Crippen MR) is 160 cm³/mol. The Kier molecular flexibility index (Phi) is 12.6. The van der Waals surface area contributed by atoms with E-state index in [0.29, 0.717) is 19.3 Å². The van der Waals surface area contributed by atoms with Crippen LogP contribution in [0.5, 0.6) is 0 Å². The highest BCUT2D eigenvalue weighted by atomic mass is 32.1. The number of carbonyl (C=O) groups excluding carboxylic acids is 3. The second kappa shape index (κ2) is 15.9. The van der Waals surface area contributed by atoms with Gasteiger partial charge in [0, 0.05) is 38.9 Å². The Bertz CT molecular complexity index is 1120. The fraction of sp³-hybridized carbons (Fsp3) is 0.613. The first-order valence-electron chi connectivity index (χ1n) is 14.6. The quantitative estimate of drug-likeness (QED) is 0.300. The van der Waals surface area contributed by atoms with Crippen molar-refractivity contribution in [2.75, 3.05) is 26.7 Å². The molecule has 1 fully saturated rings. The number of piperidine rings is 1. The minimum Gasteiger partial charge on any atom is -0.359 e. The molecule has 0 bridgehead atoms. The molecular weight excluding hydrogens is 508 g/mol. The molecule has 0 radical (unpaired) electrons. The Labute approximate surface area is 237 Å². The number of thiazole rings is 1. The molecule has 2 heterocycles. The number of benzene rings is 1. The summed E-state index contributed by atoms with van der Waals surface area (Å²) in [4.78, 5) is 45.6. The van der Waals surface area contributed by atoms with Crippen molar-refractivity contribution in [2.45, 2.75) is 84.6 Å². The third-order valence-corrected chi connectivity index (χ3v) is 8.92. The predicted octanol–water partition coefficient (Wildman–Crippen LogP) is 5.08. The molecule has 1 aliphatic heterocycles. The fourth-order valence-corrected chi connectivity index (χ4v) is 6.17. The van der Waals surface area contributed by atoms with Gasteiger partial charge in [0.2, 0.25) is 11.8 Å². The number of aromatic nitrogens is 1. The average Bonchev–Trinajstić information content (AvgIpc) is 3.36. The molecule has 1 saturated heterocycles. The zero-order chi connectivity index (χ0) is 28.2. The van der Waals surface area contributed by atoms with Crippen molar-refractivity contribution in [3.05, 3.63) is 40.9 Å². The maximum absolute atomic E-state index is 13.5. The number of nitrogens with zero attached hydrogens (tertiary/aromatic N) is 2. The van der Waals surface area contributed by atoms with E-state index in [4.69, 9.17) is 4.98 Å². The molecule has 0 saturated carbocycles. The number of carbonyl (C=O) groups is 3. The second-order valence-corrected chi connectivity index (χ2v) is 11.9. The van der Waals surface area contributed by atoms with Gasteiger partial charge in [-0.25, -0.2) is 4.98 Å². The molecular formula is C31H46N4O3S. The largest absolute Gasteiger partial charge is 0.359 e. The minimum atomic E-state index is -0.525. The molecule has 7 nitrogen and oxygen atoms in total. The molecule has 0 spiro atoms. The standard InChI is InChI=1S/C31H46N4O3S/c1-5-22(3)26(15-13-25(36)11-10-18-35-16-8-7-9-17-35)34-31(38)24(20-29(37)32-4)21-30-33-27-14-12-23(6-2)19-28(27)39-30/h10-12,14,19,22,24,26H,5-9,13,15-18,20-21H2,1-4H3,(H,32,37)(H,34,38)/b11-10+/t22-,24-,26+/m0/s1. The smallest absolute Gasteiger partial charge is 0.224 e. The van der Waals surface area contributed by atoms with E-state index in [9.17, 15) is 14.4 Å². The number of hydrogen-bond acceptors (Lipinski definition) is 6. The van der Waals surface area contributed by atoms with Gasteiger partial charge in [0.1, 0.15) is 0 Å². The highest BCUT2D eigenvalue weighted by Crippen LogP contribution is 2.27. The number of amides is 2. The highest BCUT2D eigenvalue weighted by molar-refractivity contribution is 7.18. The van der Waals surface area contributed by atoms with E-state index < -0.39 is 5.92 Å². The zero-order valence-corrected chi connectivity index (χ0v) is 24.9. The van der Waals surface area contributed by atoms with Crippen molar-refractivity contribution in [2.24, 2.45) is 11.8 Å². The zero-order valence-electron chi connectivity index (χ0n) is 24.1. The van der Waals surface area contributed by atoms with E-state index in [-0.39, 0.29) is 36.0 Å². The SMILES string of the molecule is CCc1ccc2nc(C[C@H](CC(=O)NC)C(=O)N[C@H](CCC(=O)/C=C/CN3CCCCC3)[C@@H](C)CC)sc2c1. The lowest BCUT2D eigenvalue weighted by atomic mass is 9.92. The molecule has 2 amide bonds. The van der Waals surface area contributed by atoms with Gasteiger partial charge in [0.05, 0.1) is 21.1 Å². The Morgan fingerprint density at radius 1 is 1.15 bits per heavy atom. The molecule has 3 atom stereocenters. The summed E-state index contributed by atoms with van der Waals surface area (Å²) >= 11 is 1.59. The van der Waals surface area contributed by atoms with Crippen molar-refractivity contribution in [3.8, 4) is 0 Å². The van der Waals surface area contributed by atoms with Crippen LogP contribution in [0.1, 0.15) is 76.3 Å². The second-order valence-electron chi connectivity index (χ2n) is 10.8. The van der Waals surface area contributed by atoms with Gasteiger partial charge < -0.3 is 10.6 Å². The Morgan fingerprint density at radius 3 is 2.62 bits per heavy atom. The van der Waals surface area contributed by atoms with Crippen LogP contribution in [0.4, 0.5) is 0 Å². The molecule has 0 aliphatic carbocycles. The Morgan fingerprint density at radius 2 is 1.92 bits per heavy atom. The van der Waals surface area contributed by atoms with Crippen LogP contribution < -0.4 is 10.6 Å². The lowest BCUT2D eigenvalue weighted by Gasteiger charge is -2.26. The van der Waals surface area contributed by atoms with E-state index in [1.807, 2.05) is 12.1 Å². The van der Waals surface area contributed by atoms with Crippen LogP contribution >= 0.6 is 11.3 Å². The molecule has 1 aliphatic rings. The van der Waals surface area contributed by atoms with Crippen molar-refractivity contribution in [1.82, 2.24) is 20.5 Å². The number of likely N-dealkylation sites (tertiary alicyclic amines) is 1. The third-order valence-electron chi connectivity index (χ3n) is 7.88. The molecule has 0 unspecified atom stereocenters. The first-order valence-corrected chi connectivity index (χ1v) is 15.5. The van der Waals surface area contributed by atoms with E-state index in [1.165, 1.54) is 24.8 Å². The number of aryl methyl sites for hydroxylation is 1. The molecule has 8 heteroatoms. The topological polar surface area (TPSA) is 91.4 Å². The van der Waals surface area contributed by atoms with Crippen LogP contribution in [-0.2, 0) is 27.2 Å². The number of nitrogens with one attached hydrogen (secondary N) is 2. The van der Waals surface area contributed by atoms with E-state index in [0.717, 1.165) is 47.7 Å². The van der Waals surface area contributed by atoms with E-state index in [2.05, 4.69) is 48.4 Å². The summed E-state index contributed by atoms with van der Waals surface area (Å²) in [5, 5.41) is 6.72. The van der Waals surface area contributed by atoms with Crippen molar-refractivity contribution < 1.29 is 14.4 Å². The Hall–Kier alpha value is -2.58. The summed E-state index contributed by atoms with van der Waals surface area (Å²) in [7, 11) is 1.59. The average molecular weight is 555 g/mol. The van der Waals surface area contributed by atoms with Crippen LogP contribution in [0.2, 0.25) is 0 Å². The lowest BCUT2D eigenvalue weighted by molar-refractivity contribution is -0.131. The van der Waals surface area contributed by atoms with Gasteiger partial charge in [-0.1, -0.05) is 45.8 Å². The summed E-state index contributed by atoms with van der Waals surface area (Å²) in [6, 6.07) is 6.14. The summed E-state index contributed by atoms with van der Waals surface area (Å²) in [6.45, 7) is 9.36. The summed E-state index contributed by atoms with van der Waals surface area (Å²) in [6.07, 6.45) is 10.8.